The van der Waals surface area contributed by atoms with Crippen molar-refractivity contribution in [2.24, 2.45) is 5.92 Å². The molecule has 2 aromatic carbocycles. The predicted molar refractivity (Wildman–Crippen MR) is 79.8 cm³/mol. The van der Waals surface area contributed by atoms with E-state index in [-0.39, 0.29) is 5.82 Å². The zero-order chi connectivity index (χ0) is 14.4. The molecule has 0 radical (unpaired) electrons. The highest BCUT2D eigenvalue weighted by Gasteiger charge is 2.42. The van der Waals surface area contributed by atoms with Crippen LogP contribution in [0, 0.1) is 11.7 Å². The van der Waals surface area contributed by atoms with Crippen molar-refractivity contribution >= 4 is 0 Å². The Morgan fingerprint density at radius 3 is 2.67 bits per heavy atom. The standard InChI is InChI=1S/C18H18FNO/c19-12-5-3-11(4-6-12)17-14-8-7-13(21)10-16(14)18-15(17)2-1-9-20-18/h3-8,10,15,17-18,20-21H,1-2,9H2. The minimum absolute atomic E-state index is 0.194. The average Bonchev–Trinajstić information content (AvgIpc) is 2.82. The van der Waals surface area contributed by atoms with Gasteiger partial charge in [0.05, 0.1) is 0 Å². The van der Waals surface area contributed by atoms with Crippen LogP contribution in [-0.4, -0.2) is 11.7 Å². The third kappa shape index (κ3) is 2.04. The zero-order valence-corrected chi connectivity index (χ0v) is 11.7. The van der Waals surface area contributed by atoms with Crippen molar-refractivity contribution in [2.75, 3.05) is 6.54 Å². The summed E-state index contributed by atoms with van der Waals surface area (Å²) < 4.78 is 13.2. The van der Waals surface area contributed by atoms with Crippen molar-refractivity contribution in [3.05, 3.63) is 65.0 Å². The quantitative estimate of drug-likeness (QED) is 0.836. The molecule has 21 heavy (non-hydrogen) atoms. The lowest BCUT2D eigenvalue weighted by molar-refractivity contribution is 0.286. The Morgan fingerprint density at radius 1 is 1.05 bits per heavy atom. The van der Waals surface area contributed by atoms with Crippen LogP contribution in [0.15, 0.2) is 42.5 Å². The summed E-state index contributed by atoms with van der Waals surface area (Å²) in [5.74, 6) is 0.903. The molecule has 0 amide bonds. The van der Waals surface area contributed by atoms with E-state index in [1.807, 2.05) is 24.3 Å². The fraction of sp³-hybridized carbons (Fsp3) is 0.333. The maximum atomic E-state index is 13.2. The molecular weight excluding hydrogens is 265 g/mol. The van der Waals surface area contributed by atoms with Crippen LogP contribution in [0.5, 0.6) is 5.75 Å². The minimum atomic E-state index is -0.194. The molecule has 1 heterocycles. The molecule has 1 aliphatic heterocycles. The number of phenolic OH excluding ortho intramolecular Hbond substituents is 1. The summed E-state index contributed by atoms with van der Waals surface area (Å²) in [6.07, 6.45) is 2.33. The summed E-state index contributed by atoms with van der Waals surface area (Å²) in [6.45, 7) is 1.02. The highest BCUT2D eigenvalue weighted by atomic mass is 19.1. The second-order valence-corrected chi connectivity index (χ2v) is 6.08. The van der Waals surface area contributed by atoms with Gasteiger partial charge in [-0.15, -0.1) is 0 Å². The van der Waals surface area contributed by atoms with E-state index in [1.165, 1.54) is 23.1 Å². The number of benzene rings is 2. The molecule has 4 rings (SSSR count). The number of phenols is 1. The van der Waals surface area contributed by atoms with Crippen LogP contribution in [0.25, 0.3) is 0 Å². The van der Waals surface area contributed by atoms with Gasteiger partial charge >= 0.3 is 0 Å². The van der Waals surface area contributed by atoms with Crippen molar-refractivity contribution in [2.45, 2.75) is 24.8 Å². The Morgan fingerprint density at radius 2 is 1.86 bits per heavy atom. The number of nitrogens with one attached hydrogen (secondary N) is 1. The van der Waals surface area contributed by atoms with Gasteiger partial charge in [-0.25, -0.2) is 4.39 Å². The molecule has 108 valence electrons. The molecule has 2 aromatic rings. The summed E-state index contributed by atoms with van der Waals surface area (Å²) >= 11 is 0. The van der Waals surface area contributed by atoms with Crippen LogP contribution in [0.1, 0.15) is 41.5 Å². The monoisotopic (exact) mass is 283 g/mol. The van der Waals surface area contributed by atoms with Crippen LogP contribution < -0.4 is 5.32 Å². The average molecular weight is 283 g/mol. The van der Waals surface area contributed by atoms with Crippen LogP contribution in [0.2, 0.25) is 0 Å². The van der Waals surface area contributed by atoms with Gasteiger partial charge in [0.2, 0.25) is 0 Å². The van der Waals surface area contributed by atoms with Gasteiger partial charge in [-0.05, 0) is 66.3 Å². The largest absolute Gasteiger partial charge is 0.508 e. The SMILES string of the molecule is Oc1ccc2c(c1)C1NCCCC1C2c1ccc(F)cc1. The third-order valence-electron chi connectivity index (χ3n) is 4.90. The summed E-state index contributed by atoms with van der Waals surface area (Å²) in [6, 6.07) is 12.8. The first kappa shape index (κ1) is 12.8. The summed E-state index contributed by atoms with van der Waals surface area (Å²) in [7, 11) is 0. The fourth-order valence-electron chi connectivity index (χ4n) is 4.06. The van der Waals surface area contributed by atoms with Gasteiger partial charge in [0.25, 0.3) is 0 Å². The van der Waals surface area contributed by atoms with Crippen LogP contribution in [0.3, 0.4) is 0 Å². The lowest BCUT2D eigenvalue weighted by atomic mass is 9.80. The molecule has 2 N–H and O–H groups in total. The van der Waals surface area contributed by atoms with Crippen molar-refractivity contribution in [3.8, 4) is 5.75 Å². The van der Waals surface area contributed by atoms with Gasteiger partial charge in [0.1, 0.15) is 11.6 Å². The minimum Gasteiger partial charge on any atom is -0.508 e. The Kier molecular flexibility index (Phi) is 2.96. The Balaban J connectivity index is 1.84. The van der Waals surface area contributed by atoms with Crippen molar-refractivity contribution in [1.29, 1.82) is 0 Å². The predicted octanol–water partition coefficient (Wildman–Crippen LogP) is 3.72. The number of hydrogen-bond donors (Lipinski definition) is 2. The maximum Gasteiger partial charge on any atom is 0.123 e. The highest BCUT2D eigenvalue weighted by molar-refractivity contribution is 5.49. The molecule has 1 aliphatic carbocycles. The number of piperidine rings is 1. The first-order chi connectivity index (χ1) is 10.2. The molecule has 0 aromatic heterocycles. The number of fused-ring (bicyclic) bond motifs is 3. The smallest absolute Gasteiger partial charge is 0.123 e. The van der Waals surface area contributed by atoms with E-state index in [0.29, 0.717) is 23.6 Å². The fourth-order valence-corrected chi connectivity index (χ4v) is 4.06. The number of halogens is 1. The molecule has 2 aliphatic rings. The van der Waals surface area contributed by atoms with E-state index in [0.717, 1.165) is 13.0 Å². The second-order valence-electron chi connectivity index (χ2n) is 6.08. The van der Waals surface area contributed by atoms with Crippen LogP contribution in [0.4, 0.5) is 4.39 Å². The van der Waals surface area contributed by atoms with Gasteiger partial charge in [-0.3, -0.25) is 0 Å². The number of aromatic hydroxyl groups is 1. The van der Waals surface area contributed by atoms with E-state index >= 15 is 0 Å². The van der Waals surface area contributed by atoms with Crippen LogP contribution >= 0.6 is 0 Å². The number of rotatable bonds is 1. The molecule has 0 bridgehead atoms. The molecule has 2 nitrogen and oxygen atoms in total. The van der Waals surface area contributed by atoms with Crippen LogP contribution in [-0.2, 0) is 0 Å². The highest BCUT2D eigenvalue weighted by Crippen LogP contribution is 2.52. The molecule has 0 spiro atoms. The van der Waals surface area contributed by atoms with Crippen molar-refractivity contribution in [1.82, 2.24) is 5.32 Å². The van der Waals surface area contributed by atoms with Gasteiger partial charge in [-0.2, -0.15) is 0 Å². The van der Waals surface area contributed by atoms with Gasteiger partial charge in [-0.1, -0.05) is 18.2 Å². The lowest BCUT2D eigenvalue weighted by Gasteiger charge is -2.31. The Labute approximate surface area is 123 Å². The Bertz CT molecular complexity index is 667. The van der Waals surface area contributed by atoms with Gasteiger partial charge < -0.3 is 10.4 Å². The van der Waals surface area contributed by atoms with E-state index in [1.54, 1.807) is 18.2 Å². The summed E-state index contributed by atoms with van der Waals surface area (Å²) in [5.41, 5.74) is 3.64. The summed E-state index contributed by atoms with van der Waals surface area (Å²) in [4.78, 5) is 0. The van der Waals surface area contributed by atoms with E-state index < -0.39 is 0 Å². The van der Waals surface area contributed by atoms with E-state index in [9.17, 15) is 9.50 Å². The second kappa shape index (κ2) is 4.85. The van der Waals surface area contributed by atoms with Crippen molar-refractivity contribution in [3.63, 3.8) is 0 Å². The van der Waals surface area contributed by atoms with Crippen molar-refractivity contribution < 1.29 is 9.50 Å². The molecule has 3 unspecified atom stereocenters. The molecule has 3 heteroatoms. The topological polar surface area (TPSA) is 32.3 Å². The first-order valence-corrected chi connectivity index (χ1v) is 7.56. The molecular formula is C18H18FNO. The third-order valence-corrected chi connectivity index (χ3v) is 4.90. The molecule has 3 atom stereocenters. The number of hydrogen-bond acceptors (Lipinski definition) is 2. The normalized spacial score (nSPS) is 27.2. The van der Waals surface area contributed by atoms with E-state index in [2.05, 4.69) is 5.32 Å². The first-order valence-electron chi connectivity index (χ1n) is 7.56. The molecule has 1 fully saturated rings. The zero-order valence-electron chi connectivity index (χ0n) is 11.7. The van der Waals surface area contributed by atoms with Gasteiger partial charge in [0, 0.05) is 12.0 Å². The molecule has 1 saturated heterocycles. The van der Waals surface area contributed by atoms with Gasteiger partial charge in [0.15, 0.2) is 0 Å². The Hall–Kier alpha value is -1.87. The van der Waals surface area contributed by atoms with E-state index in [4.69, 9.17) is 0 Å². The maximum absolute atomic E-state index is 13.2. The molecule has 0 saturated carbocycles. The summed E-state index contributed by atoms with van der Waals surface area (Å²) in [5, 5.41) is 13.4. The lowest BCUT2D eigenvalue weighted by Crippen LogP contribution is -2.32.